The first-order chi connectivity index (χ1) is 12.5. The number of rotatable bonds is 5. The minimum atomic E-state index is -0.207. The van der Waals surface area contributed by atoms with Gasteiger partial charge in [0, 0.05) is 18.6 Å². The van der Waals surface area contributed by atoms with Crippen LogP contribution in [0.5, 0.6) is 0 Å². The molecule has 0 saturated heterocycles. The van der Waals surface area contributed by atoms with E-state index < -0.39 is 0 Å². The lowest BCUT2D eigenvalue weighted by molar-refractivity contribution is 0.0994. The average Bonchev–Trinajstić information content (AvgIpc) is 2.96. The molecule has 0 spiro atoms. The Morgan fingerprint density at radius 1 is 1.23 bits per heavy atom. The zero-order chi connectivity index (χ0) is 18.7. The molecule has 0 aliphatic rings. The molecule has 1 aromatic heterocycles. The number of amides is 1. The fourth-order valence-corrected chi connectivity index (χ4v) is 4.50. The Kier molecular flexibility index (Phi) is 5.96. The van der Waals surface area contributed by atoms with Gasteiger partial charge in [-0.2, -0.15) is 4.99 Å². The van der Waals surface area contributed by atoms with Crippen molar-refractivity contribution in [3.8, 4) is 0 Å². The molecule has 0 saturated carbocycles. The Hall–Kier alpha value is -1.89. The number of hydrogen-bond acceptors (Lipinski definition) is 4. The number of carbonyl (C=O) groups is 1. The molecule has 1 heterocycles. The zero-order valence-corrected chi connectivity index (χ0v) is 17.0. The normalized spacial score (nSPS) is 12.1. The summed E-state index contributed by atoms with van der Waals surface area (Å²) in [7, 11) is 1.68. The van der Waals surface area contributed by atoms with E-state index in [1.807, 2.05) is 30.5 Å². The van der Waals surface area contributed by atoms with E-state index >= 15 is 0 Å². The molecule has 0 radical (unpaired) electrons. The number of ether oxygens (including phenoxy) is 1. The molecule has 0 N–H and O–H groups in total. The summed E-state index contributed by atoms with van der Waals surface area (Å²) in [6.07, 6.45) is 1.97. The molecule has 3 aromatic rings. The highest BCUT2D eigenvalue weighted by Crippen LogP contribution is 2.23. The summed E-state index contributed by atoms with van der Waals surface area (Å²) in [4.78, 5) is 18.9. The average molecular weight is 387 g/mol. The monoisotopic (exact) mass is 386 g/mol. The van der Waals surface area contributed by atoms with Crippen molar-refractivity contribution >= 4 is 39.2 Å². The summed E-state index contributed by atoms with van der Waals surface area (Å²) in [6.45, 7) is 5.44. The van der Waals surface area contributed by atoms with E-state index in [9.17, 15) is 4.79 Å². The van der Waals surface area contributed by atoms with Crippen molar-refractivity contribution in [3.05, 3.63) is 57.9 Å². The van der Waals surface area contributed by atoms with Crippen molar-refractivity contribution in [3.63, 3.8) is 0 Å². The Bertz CT molecular complexity index is 1020. The van der Waals surface area contributed by atoms with Crippen LogP contribution >= 0.6 is 23.1 Å². The van der Waals surface area contributed by atoms with Crippen LogP contribution in [-0.4, -0.2) is 30.4 Å². The van der Waals surface area contributed by atoms with Gasteiger partial charge in [-0.3, -0.25) is 4.79 Å². The second-order valence-corrected chi connectivity index (χ2v) is 7.91. The van der Waals surface area contributed by atoms with Crippen LogP contribution in [0, 0.1) is 13.8 Å². The van der Waals surface area contributed by atoms with Crippen molar-refractivity contribution in [2.75, 3.05) is 20.0 Å². The number of thiazole rings is 1. The standard InChI is InChI=1S/C20H22N2O2S2/c1-13-11-16-18(12-14(13)2)26-20(22(16)9-10-24-3)21-19(23)15-7-5-6-8-17(15)25-4/h5-8,11-12H,9-10H2,1-4H3. The number of aryl methyl sites for hydroxylation is 2. The molecular weight excluding hydrogens is 364 g/mol. The number of methoxy groups -OCH3 is 1. The smallest absolute Gasteiger partial charge is 0.280 e. The highest BCUT2D eigenvalue weighted by molar-refractivity contribution is 7.98. The van der Waals surface area contributed by atoms with Gasteiger partial charge in [0.1, 0.15) is 0 Å². The highest BCUT2D eigenvalue weighted by Gasteiger charge is 2.12. The van der Waals surface area contributed by atoms with Crippen LogP contribution in [0.2, 0.25) is 0 Å². The fourth-order valence-electron chi connectivity index (χ4n) is 2.77. The van der Waals surface area contributed by atoms with Gasteiger partial charge in [0.25, 0.3) is 5.91 Å². The Labute approximate surface area is 161 Å². The summed E-state index contributed by atoms with van der Waals surface area (Å²) in [5.41, 5.74) is 4.21. The van der Waals surface area contributed by atoms with Gasteiger partial charge >= 0.3 is 0 Å². The molecule has 26 heavy (non-hydrogen) atoms. The molecule has 0 unspecified atom stereocenters. The number of thioether (sulfide) groups is 1. The van der Waals surface area contributed by atoms with Gasteiger partial charge in [-0.1, -0.05) is 23.5 Å². The van der Waals surface area contributed by atoms with Gasteiger partial charge in [-0.05, 0) is 55.5 Å². The van der Waals surface area contributed by atoms with Crippen LogP contribution in [0.3, 0.4) is 0 Å². The Morgan fingerprint density at radius 3 is 2.69 bits per heavy atom. The van der Waals surface area contributed by atoms with E-state index in [-0.39, 0.29) is 5.91 Å². The molecular formula is C20H22N2O2S2. The van der Waals surface area contributed by atoms with Crippen molar-refractivity contribution in [1.82, 2.24) is 4.57 Å². The van der Waals surface area contributed by atoms with Crippen LogP contribution in [0.15, 0.2) is 46.3 Å². The third kappa shape index (κ3) is 3.77. The Balaban J connectivity index is 2.16. The van der Waals surface area contributed by atoms with Crippen molar-refractivity contribution < 1.29 is 9.53 Å². The van der Waals surface area contributed by atoms with Gasteiger partial charge in [-0.15, -0.1) is 11.8 Å². The fraction of sp³-hybridized carbons (Fsp3) is 0.300. The van der Waals surface area contributed by atoms with E-state index in [2.05, 4.69) is 35.5 Å². The van der Waals surface area contributed by atoms with Gasteiger partial charge < -0.3 is 9.30 Å². The molecule has 0 atom stereocenters. The second kappa shape index (κ2) is 8.20. The zero-order valence-electron chi connectivity index (χ0n) is 15.4. The molecule has 136 valence electrons. The van der Waals surface area contributed by atoms with Gasteiger partial charge in [0.15, 0.2) is 4.80 Å². The van der Waals surface area contributed by atoms with Crippen LogP contribution < -0.4 is 4.80 Å². The molecule has 2 aromatic carbocycles. The van der Waals surface area contributed by atoms with Gasteiger partial charge in [0.2, 0.25) is 0 Å². The first-order valence-electron chi connectivity index (χ1n) is 8.36. The molecule has 0 fully saturated rings. The number of benzene rings is 2. The lowest BCUT2D eigenvalue weighted by atomic mass is 10.1. The van der Waals surface area contributed by atoms with E-state index in [1.54, 1.807) is 30.2 Å². The maximum absolute atomic E-state index is 12.8. The highest BCUT2D eigenvalue weighted by atomic mass is 32.2. The second-order valence-electron chi connectivity index (χ2n) is 6.05. The molecule has 4 nitrogen and oxygen atoms in total. The molecule has 0 aliphatic heterocycles. The number of aromatic nitrogens is 1. The third-order valence-electron chi connectivity index (χ3n) is 4.35. The predicted octanol–water partition coefficient (Wildman–Crippen LogP) is 4.43. The van der Waals surface area contributed by atoms with E-state index in [1.165, 1.54) is 11.1 Å². The van der Waals surface area contributed by atoms with Crippen LogP contribution in [0.4, 0.5) is 0 Å². The number of hydrogen-bond donors (Lipinski definition) is 0. The molecule has 3 rings (SSSR count). The molecule has 0 bridgehead atoms. The van der Waals surface area contributed by atoms with Crippen molar-refractivity contribution in [2.45, 2.75) is 25.3 Å². The molecule has 0 aliphatic carbocycles. The van der Waals surface area contributed by atoms with E-state index in [4.69, 9.17) is 4.74 Å². The van der Waals surface area contributed by atoms with E-state index in [0.29, 0.717) is 23.5 Å². The summed E-state index contributed by atoms with van der Waals surface area (Å²) in [5, 5.41) is 0. The summed E-state index contributed by atoms with van der Waals surface area (Å²) in [5.74, 6) is -0.207. The lowest BCUT2D eigenvalue weighted by Crippen LogP contribution is -2.19. The van der Waals surface area contributed by atoms with Gasteiger partial charge in [-0.25, -0.2) is 0 Å². The maximum atomic E-state index is 12.8. The first-order valence-corrected chi connectivity index (χ1v) is 10.4. The van der Waals surface area contributed by atoms with Crippen LogP contribution in [-0.2, 0) is 11.3 Å². The molecule has 1 amide bonds. The SMILES string of the molecule is COCCn1c(=NC(=O)c2ccccc2SC)sc2cc(C)c(C)cc21. The van der Waals surface area contributed by atoms with Crippen molar-refractivity contribution in [2.24, 2.45) is 4.99 Å². The number of carbonyl (C=O) groups excluding carboxylic acids is 1. The summed E-state index contributed by atoms with van der Waals surface area (Å²) >= 11 is 3.10. The lowest BCUT2D eigenvalue weighted by Gasteiger charge is -2.06. The molecule has 6 heteroatoms. The first kappa shape index (κ1) is 18.9. The number of fused-ring (bicyclic) bond motifs is 1. The van der Waals surface area contributed by atoms with Crippen LogP contribution in [0.1, 0.15) is 21.5 Å². The predicted molar refractivity (Wildman–Crippen MR) is 109 cm³/mol. The summed E-state index contributed by atoms with van der Waals surface area (Å²) in [6, 6.07) is 11.9. The quantitative estimate of drug-likeness (QED) is 0.609. The Morgan fingerprint density at radius 2 is 1.96 bits per heavy atom. The summed E-state index contributed by atoms with van der Waals surface area (Å²) < 4.78 is 8.47. The minimum Gasteiger partial charge on any atom is -0.383 e. The minimum absolute atomic E-state index is 0.207. The number of nitrogens with zero attached hydrogens (tertiary/aromatic N) is 2. The largest absolute Gasteiger partial charge is 0.383 e. The van der Waals surface area contributed by atoms with Crippen molar-refractivity contribution in [1.29, 1.82) is 0 Å². The van der Waals surface area contributed by atoms with Crippen LogP contribution in [0.25, 0.3) is 10.2 Å². The topological polar surface area (TPSA) is 43.6 Å². The third-order valence-corrected chi connectivity index (χ3v) is 6.19. The van der Waals surface area contributed by atoms with Gasteiger partial charge in [0.05, 0.1) is 22.4 Å². The van der Waals surface area contributed by atoms with E-state index in [0.717, 1.165) is 15.1 Å². The maximum Gasteiger partial charge on any atom is 0.280 e.